The number of amides is 2. The molecule has 0 unspecified atom stereocenters. The lowest BCUT2D eigenvalue weighted by atomic mass is 10.2. The summed E-state index contributed by atoms with van der Waals surface area (Å²) in [4.78, 5) is 34.2. The fourth-order valence-electron chi connectivity index (χ4n) is 3.28. The molecule has 2 aromatic carbocycles. The van der Waals surface area contributed by atoms with Gasteiger partial charge >= 0.3 is 0 Å². The van der Waals surface area contributed by atoms with Gasteiger partial charge in [-0.25, -0.2) is 32.4 Å². The van der Waals surface area contributed by atoms with Gasteiger partial charge in [0.1, 0.15) is 16.5 Å². The van der Waals surface area contributed by atoms with E-state index in [2.05, 4.69) is 20.0 Å². The van der Waals surface area contributed by atoms with Crippen LogP contribution in [0.25, 0.3) is 0 Å². The number of aromatic nitrogens is 2. The Bertz CT molecular complexity index is 1490. The second kappa shape index (κ2) is 9.25. The summed E-state index contributed by atoms with van der Waals surface area (Å²) in [5, 5.41) is 2.07. The Balaban J connectivity index is 1.53. The van der Waals surface area contributed by atoms with Crippen molar-refractivity contribution in [3.8, 4) is 0 Å². The van der Waals surface area contributed by atoms with E-state index in [1.165, 1.54) is 30.3 Å². The van der Waals surface area contributed by atoms with E-state index in [1.54, 1.807) is 19.9 Å². The highest BCUT2D eigenvalue weighted by Gasteiger charge is 2.39. The summed E-state index contributed by atoms with van der Waals surface area (Å²) in [5.41, 5.74) is 1.32. The number of benzene rings is 2. The normalized spacial score (nSPS) is 14.0. The first kappa shape index (κ1) is 24.6. The number of nitrogens with zero attached hydrogens (tertiary/aromatic N) is 3. The molecule has 0 saturated carbocycles. The maximum absolute atomic E-state index is 13.5. The molecule has 2 heterocycles. The molecule has 0 bridgehead atoms. The van der Waals surface area contributed by atoms with Gasteiger partial charge in [-0.3, -0.25) is 9.59 Å². The van der Waals surface area contributed by atoms with Gasteiger partial charge in [0, 0.05) is 17.1 Å². The molecule has 0 radical (unpaired) electrons. The van der Waals surface area contributed by atoms with Crippen molar-refractivity contribution in [2.45, 2.75) is 18.7 Å². The molecular weight excluding hydrogens is 520 g/mol. The molecule has 13 heteroatoms. The van der Waals surface area contributed by atoms with E-state index in [0.717, 1.165) is 17.0 Å². The standard InChI is InChI=1S/C22H16Cl2FN5O4S/c1-11-9-12(2)27-22(26-11)29-35(33,34)15-6-3-13(4-7-15)28-19-18(24)20(31)30(21(19)32)14-5-8-17(25)16(23)10-14/h3-10,28H,1-2H3,(H,26,27,29). The van der Waals surface area contributed by atoms with Crippen molar-refractivity contribution in [2.75, 3.05) is 14.9 Å². The molecular formula is C22H16Cl2FN5O4S. The summed E-state index contributed by atoms with van der Waals surface area (Å²) in [6, 6.07) is 10.4. The van der Waals surface area contributed by atoms with E-state index in [1.807, 2.05) is 0 Å². The Morgan fingerprint density at radius 1 is 0.914 bits per heavy atom. The average molecular weight is 536 g/mol. The lowest BCUT2D eigenvalue weighted by Crippen LogP contribution is -2.32. The van der Waals surface area contributed by atoms with Gasteiger partial charge in [-0.2, -0.15) is 0 Å². The number of hydrogen-bond donors (Lipinski definition) is 2. The highest BCUT2D eigenvalue weighted by atomic mass is 35.5. The molecule has 180 valence electrons. The molecule has 2 amide bonds. The van der Waals surface area contributed by atoms with Crippen LogP contribution in [0.2, 0.25) is 5.02 Å². The molecule has 9 nitrogen and oxygen atoms in total. The minimum absolute atomic E-state index is 0.0440. The lowest BCUT2D eigenvalue weighted by molar-refractivity contribution is -0.120. The molecule has 35 heavy (non-hydrogen) atoms. The molecule has 1 aliphatic rings. The van der Waals surface area contributed by atoms with Crippen LogP contribution in [0.1, 0.15) is 11.4 Å². The van der Waals surface area contributed by atoms with Crippen LogP contribution in [0.5, 0.6) is 0 Å². The number of aryl methyl sites for hydroxylation is 2. The minimum Gasteiger partial charge on any atom is -0.350 e. The number of carbonyl (C=O) groups excluding carboxylic acids is 2. The van der Waals surface area contributed by atoms with E-state index in [-0.39, 0.29) is 32.3 Å². The monoisotopic (exact) mass is 535 g/mol. The van der Waals surface area contributed by atoms with Gasteiger partial charge in [-0.15, -0.1) is 0 Å². The van der Waals surface area contributed by atoms with Gasteiger partial charge in [0.25, 0.3) is 21.8 Å². The SMILES string of the molecule is Cc1cc(C)nc(NS(=O)(=O)c2ccc(NC3=C(Cl)C(=O)N(c4ccc(F)c(Cl)c4)C3=O)cc2)n1. The quantitative estimate of drug-likeness (QED) is 0.455. The fourth-order valence-corrected chi connectivity index (χ4v) is 4.61. The molecule has 0 fully saturated rings. The third-order valence-electron chi connectivity index (χ3n) is 4.83. The predicted octanol–water partition coefficient (Wildman–Crippen LogP) is 4.12. The fraction of sp³-hybridized carbons (Fsp3) is 0.0909. The second-order valence-electron chi connectivity index (χ2n) is 7.46. The smallest absolute Gasteiger partial charge is 0.283 e. The molecule has 1 aromatic heterocycles. The van der Waals surface area contributed by atoms with Crippen LogP contribution >= 0.6 is 23.2 Å². The zero-order valence-corrected chi connectivity index (χ0v) is 20.5. The summed E-state index contributed by atoms with van der Waals surface area (Å²) >= 11 is 11.8. The number of rotatable bonds is 6. The van der Waals surface area contributed by atoms with Gasteiger partial charge in [-0.05, 0) is 62.4 Å². The van der Waals surface area contributed by atoms with Gasteiger partial charge in [0.15, 0.2) is 0 Å². The largest absolute Gasteiger partial charge is 0.350 e. The van der Waals surface area contributed by atoms with Crippen LogP contribution < -0.4 is 14.9 Å². The highest BCUT2D eigenvalue weighted by Crippen LogP contribution is 2.32. The highest BCUT2D eigenvalue weighted by molar-refractivity contribution is 7.92. The van der Waals surface area contributed by atoms with Crippen LogP contribution in [0, 0.1) is 19.7 Å². The molecule has 0 aliphatic carbocycles. The van der Waals surface area contributed by atoms with Crippen LogP contribution in [0.4, 0.5) is 21.7 Å². The zero-order valence-electron chi connectivity index (χ0n) is 18.1. The Morgan fingerprint density at radius 3 is 2.14 bits per heavy atom. The van der Waals surface area contributed by atoms with Crippen molar-refractivity contribution < 1.29 is 22.4 Å². The van der Waals surface area contributed by atoms with Gasteiger partial charge < -0.3 is 5.32 Å². The Hall–Kier alpha value is -3.54. The number of hydrogen-bond acceptors (Lipinski definition) is 7. The van der Waals surface area contributed by atoms with Crippen molar-refractivity contribution in [1.82, 2.24) is 9.97 Å². The molecule has 0 atom stereocenters. The van der Waals surface area contributed by atoms with Crippen LogP contribution in [0.3, 0.4) is 0 Å². The topological polar surface area (TPSA) is 121 Å². The molecule has 0 saturated heterocycles. The van der Waals surface area contributed by atoms with E-state index < -0.39 is 27.7 Å². The van der Waals surface area contributed by atoms with Crippen LogP contribution in [-0.4, -0.2) is 30.2 Å². The average Bonchev–Trinajstić information content (AvgIpc) is 2.98. The summed E-state index contributed by atoms with van der Waals surface area (Å²) in [5.74, 6) is -2.37. The maximum atomic E-state index is 13.5. The predicted molar refractivity (Wildman–Crippen MR) is 129 cm³/mol. The minimum atomic E-state index is -3.99. The van der Waals surface area contributed by atoms with Crippen molar-refractivity contribution >= 4 is 62.4 Å². The number of imide groups is 1. The third kappa shape index (κ3) is 4.97. The first-order valence-electron chi connectivity index (χ1n) is 9.92. The van der Waals surface area contributed by atoms with Crippen molar-refractivity contribution in [1.29, 1.82) is 0 Å². The van der Waals surface area contributed by atoms with E-state index in [4.69, 9.17) is 23.2 Å². The number of sulfonamides is 1. The lowest BCUT2D eigenvalue weighted by Gasteiger charge is -2.15. The van der Waals surface area contributed by atoms with Crippen molar-refractivity contribution in [2.24, 2.45) is 0 Å². The van der Waals surface area contributed by atoms with E-state index >= 15 is 0 Å². The first-order valence-corrected chi connectivity index (χ1v) is 12.2. The second-order valence-corrected chi connectivity index (χ2v) is 9.93. The summed E-state index contributed by atoms with van der Waals surface area (Å²) < 4.78 is 41.2. The van der Waals surface area contributed by atoms with Crippen LogP contribution in [0.15, 0.2) is 64.2 Å². The summed E-state index contributed by atoms with van der Waals surface area (Å²) in [6.07, 6.45) is 0. The summed E-state index contributed by atoms with van der Waals surface area (Å²) in [7, 11) is -3.99. The third-order valence-corrected chi connectivity index (χ3v) is 6.81. The van der Waals surface area contributed by atoms with Gasteiger partial charge in [0.05, 0.1) is 15.6 Å². The van der Waals surface area contributed by atoms with Crippen molar-refractivity contribution in [3.05, 3.63) is 81.5 Å². The zero-order chi connectivity index (χ0) is 25.5. The van der Waals surface area contributed by atoms with Crippen LogP contribution in [-0.2, 0) is 19.6 Å². The number of carbonyl (C=O) groups is 2. The molecule has 3 aromatic rings. The number of halogens is 3. The molecule has 4 rings (SSSR count). The Morgan fingerprint density at radius 2 is 1.54 bits per heavy atom. The van der Waals surface area contributed by atoms with E-state index in [0.29, 0.717) is 17.1 Å². The number of nitrogens with one attached hydrogen (secondary N) is 2. The van der Waals surface area contributed by atoms with E-state index in [9.17, 15) is 22.4 Å². The Labute approximate surface area is 209 Å². The van der Waals surface area contributed by atoms with Gasteiger partial charge in [0.2, 0.25) is 5.95 Å². The first-order chi connectivity index (χ1) is 16.5. The molecule has 2 N–H and O–H groups in total. The Kier molecular flexibility index (Phi) is 6.50. The molecule has 1 aliphatic heterocycles. The number of anilines is 3. The van der Waals surface area contributed by atoms with Crippen molar-refractivity contribution in [3.63, 3.8) is 0 Å². The maximum Gasteiger partial charge on any atom is 0.283 e. The molecule has 0 spiro atoms. The summed E-state index contributed by atoms with van der Waals surface area (Å²) in [6.45, 7) is 3.43. The van der Waals surface area contributed by atoms with Gasteiger partial charge in [-0.1, -0.05) is 23.2 Å².